The van der Waals surface area contributed by atoms with Gasteiger partial charge in [0, 0.05) is 17.3 Å². The summed E-state index contributed by atoms with van der Waals surface area (Å²) < 4.78 is 0. The zero-order valence-corrected chi connectivity index (χ0v) is 12.3. The molecule has 0 aromatic carbocycles. The third-order valence-corrected chi connectivity index (χ3v) is 4.86. The highest BCUT2D eigenvalue weighted by Crippen LogP contribution is 2.28. The van der Waals surface area contributed by atoms with Crippen LogP contribution in [-0.4, -0.2) is 28.5 Å². The van der Waals surface area contributed by atoms with Crippen LogP contribution >= 0.6 is 22.9 Å². The minimum absolute atomic E-state index is 0.407. The molecule has 1 saturated heterocycles. The van der Waals surface area contributed by atoms with Gasteiger partial charge in [0.1, 0.15) is 0 Å². The average Bonchev–Trinajstić information content (AvgIpc) is 2.86. The lowest BCUT2D eigenvalue weighted by atomic mass is 10.0. The van der Waals surface area contributed by atoms with Crippen LogP contribution in [0.4, 0.5) is 0 Å². The zero-order valence-electron chi connectivity index (χ0n) is 10.7. The topological polar surface area (TPSA) is 16.1 Å². The van der Waals surface area contributed by atoms with Crippen molar-refractivity contribution < 1.29 is 0 Å². The van der Waals surface area contributed by atoms with E-state index in [1.165, 1.54) is 37.4 Å². The molecule has 0 N–H and O–H groups in total. The fourth-order valence-corrected chi connectivity index (χ4v) is 3.59. The summed E-state index contributed by atoms with van der Waals surface area (Å²) in [4.78, 5) is 7.11. The molecular weight excluding hydrogens is 252 g/mol. The number of aromatic nitrogens is 1. The third-order valence-electron chi connectivity index (χ3n) is 3.63. The number of aryl methyl sites for hydroxylation is 1. The monoisotopic (exact) mass is 272 g/mol. The van der Waals surface area contributed by atoms with Crippen LogP contribution in [0.2, 0.25) is 0 Å². The van der Waals surface area contributed by atoms with E-state index in [1.54, 1.807) is 11.3 Å². The van der Waals surface area contributed by atoms with E-state index in [0.717, 1.165) is 12.1 Å². The molecule has 1 aliphatic heterocycles. The van der Waals surface area contributed by atoms with Crippen molar-refractivity contribution >= 4 is 22.9 Å². The SMILES string of the molecule is CC1(C)CCCN1CCCc1nc(CCl)cs1. The van der Waals surface area contributed by atoms with Gasteiger partial charge in [0.15, 0.2) is 0 Å². The molecule has 4 heteroatoms. The van der Waals surface area contributed by atoms with Crippen LogP contribution < -0.4 is 0 Å². The van der Waals surface area contributed by atoms with Crippen molar-refractivity contribution in [2.24, 2.45) is 0 Å². The van der Waals surface area contributed by atoms with Crippen molar-refractivity contribution in [2.75, 3.05) is 13.1 Å². The van der Waals surface area contributed by atoms with E-state index in [0.29, 0.717) is 11.4 Å². The van der Waals surface area contributed by atoms with Gasteiger partial charge in [-0.05, 0) is 46.2 Å². The number of nitrogens with zero attached hydrogens (tertiary/aromatic N) is 2. The highest BCUT2D eigenvalue weighted by molar-refractivity contribution is 7.09. The van der Waals surface area contributed by atoms with Gasteiger partial charge in [0.2, 0.25) is 0 Å². The first-order valence-corrected chi connectivity index (χ1v) is 7.77. The Labute approximate surface area is 113 Å². The molecule has 2 rings (SSSR count). The lowest BCUT2D eigenvalue weighted by Crippen LogP contribution is -2.38. The van der Waals surface area contributed by atoms with E-state index in [9.17, 15) is 0 Å². The van der Waals surface area contributed by atoms with E-state index >= 15 is 0 Å². The number of alkyl halides is 1. The third kappa shape index (κ3) is 3.43. The maximum atomic E-state index is 5.75. The maximum Gasteiger partial charge on any atom is 0.0929 e. The van der Waals surface area contributed by atoms with Crippen LogP contribution in [0.1, 0.15) is 43.8 Å². The molecule has 0 radical (unpaired) electrons. The van der Waals surface area contributed by atoms with Gasteiger partial charge in [-0.2, -0.15) is 0 Å². The average molecular weight is 273 g/mol. The number of likely N-dealkylation sites (tertiary alicyclic amines) is 1. The van der Waals surface area contributed by atoms with Crippen LogP contribution in [0, 0.1) is 0 Å². The molecule has 1 fully saturated rings. The Morgan fingerprint density at radius 1 is 1.53 bits per heavy atom. The number of hydrogen-bond acceptors (Lipinski definition) is 3. The van der Waals surface area contributed by atoms with Gasteiger partial charge in [-0.3, -0.25) is 4.90 Å². The summed E-state index contributed by atoms with van der Waals surface area (Å²) in [6.07, 6.45) is 4.98. The Balaban J connectivity index is 1.76. The summed E-state index contributed by atoms with van der Waals surface area (Å²) in [5.41, 5.74) is 1.43. The van der Waals surface area contributed by atoms with Crippen molar-refractivity contribution in [3.8, 4) is 0 Å². The number of thiazole rings is 1. The summed E-state index contributed by atoms with van der Waals surface area (Å²) in [6.45, 7) is 7.17. The van der Waals surface area contributed by atoms with Gasteiger partial charge in [0.05, 0.1) is 16.6 Å². The van der Waals surface area contributed by atoms with Crippen LogP contribution in [0.25, 0.3) is 0 Å². The minimum atomic E-state index is 0.407. The highest BCUT2D eigenvalue weighted by Gasteiger charge is 2.30. The molecule has 0 unspecified atom stereocenters. The molecule has 1 aromatic heterocycles. The van der Waals surface area contributed by atoms with Gasteiger partial charge in [-0.25, -0.2) is 4.98 Å². The van der Waals surface area contributed by atoms with Gasteiger partial charge < -0.3 is 0 Å². The quantitative estimate of drug-likeness (QED) is 0.760. The largest absolute Gasteiger partial charge is 0.298 e. The van der Waals surface area contributed by atoms with Crippen LogP contribution in [0.15, 0.2) is 5.38 Å². The molecule has 0 atom stereocenters. The smallest absolute Gasteiger partial charge is 0.0929 e. The molecular formula is C13H21ClN2S. The molecule has 0 aliphatic carbocycles. The zero-order chi connectivity index (χ0) is 12.3. The Bertz CT molecular complexity index is 362. The van der Waals surface area contributed by atoms with Gasteiger partial charge in [0.25, 0.3) is 0 Å². The Morgan fingerprint density at radius 2 is 2.35 bits per heavy atom. The number of rotatable bonds is 5. The molecule has 2 heterocycles. The summed E-state index contributed by atoms with van der Waals surface area (Å²) in [6, 6.07) is 0. The first-order valence-electron chi connectivity index (χ1n) is 6.36. The van der Waals surface area contributed by atoms with E-state index in [-0.39, 0.29) is 0 Å². The van der Waals surface area contributed by atoms with Crippen molar-refractivity contribution in [1.29, 1.82) is 0 Å². The van der Waals surface area contributed by atoms with Gasteiger partial charge >= 0.3 is 0 Å². The lowest BCUT2D eigenvalue weighted by molar-refractivity contribution is 0.173. The fraction of sp³-hybridized carbons (Fsp3) is 0.769. The molecule has 0 bridgehead atoms. The Morgan fingerprint density at radius 3 is 2.94 bits per heavy atom. The minimum Gasteiger partial charge on any atom is -0.298 e. The molecule has 1 aromatic rings. The van der Waals surface area contributed by atoms with Crippen molar-refractivity contribution in [2.45, 2.75) is 50.9 Å². The predicted molar refractivity (Wildman–Crippen MR) is 74.9 cm³/mol. The van der Waals surface area contributed by atoms with Crippen molar-refractivity contribution in [3.05, 3.63) is 16.1 Å². The maximum absolute atomic E-state index is 5.75. The summed E-state index contributed by atoms with van der Waals surface area (Å²) in [7, 11) is 0. The molecule has 96 valence electrons. The number of hydrogen-bond donors (Lipinski definition) is 0. The highest BCUT2D eigenvalue weighted by atomic mass is 35.5. The molecule has 0 amide bonds. The Kier molecular flexibility index (Phi) is 4.45. The molecule has 1 aliphatic rings. The van der Waals surface area contributed by atoms with Gasteiger partial charge in [-0.15, -0.1) is 22.9 Å². The summed E-state index contributed by atoms with van der Waals surface area (Å²) in [5.74, 6) is 0.537. The van der Waals surface area contributed by atoms with Crippen LogP contribution in [-0.2, 0) is 12.3 Å². The molecule has 0 saturated carbocycles. The number of halogens is 1. The standard InChI is InChI=1S/C13H21ClN2S/c1-13(2)6-4-8-16(13)7-3-5-12-15-11(9-14)10-17-12/h10H,3-9H2,1-2H3. The first kappa shape index (κ1) is 13.3. The molecule has 2 nitrogen and oxygen atoms in total. The summed E-state index contributed by atoms with van der Waals surface area (Å²) >= 11 is 7.49. The van der Waals surface area contributed by atoms with E-state index in [2.05, 4.69) is 29.1 Å². The van der Waals surface area contributed by atoms with Crippen LogP contribution in [0.5, 0.6) is 0 Å². The van der Waals surface area contributed by atoms with E-state index in [4.69, 9.17) is 11.6 Å². The van der Waals surface area contributed by atoms with E-state index in [1.807, 2.05) is 0 Å². The first-order chi connectivity index (χ1) is 8.12. The van der Waals surface area contributed by atoms with Crippen molar-refractivity contribution in [3.63, 3.8) is 0 Å². The van der Waals surface area contributed by atoms with Crippen LogP contribution in [0.3, 0.4) is 0 Å². The second-order valence-electron chi connectivity index (χ2n) is 5.37. The van der Waals surface area contributed by atoms with Crippen molar-refractivity contribution in [1.82, 2.24) is 9.88 Å². The Hall–Kier alpha value is -0.120. The predicted octanol–water partition coefficient (Wildman–Crippen LogP) is 3.69. The normalized spacial score (nSPS) is 19.9. The van der Waals surface area contributed by atoms with Gasteiger partial charge in [-0.1, -0.05) is 0 Å². The lowest BCUT2D eigenvalue weighted by Gasteiger charge is -2.31. The fourth-order valence-electron chi connectivity index (χ4n) is 2.52. The second-order valence-corrected chi connectivity index (χ2v) is 6.58. The second kappa shape index (κ2) is 5.68. The van der Waals surface area contributed by atoms with E-state index < -0.39 is 0 Å². The molecule has 0 spiro atoms. The summed E-state index contributed by atoms with van der Waals surface area (Å²) in [5, 5.41) is 3.31. The molecule has 17 heavy (non-hydrogen) atoms.